The number of benzene rings is 1. The zero-order valence-electron chi connectivity index (χ0n) is 13.6. The Hall–Kier alpha value is -1.35. The number of aryl methyl sites for hydroxylation is 1. The lowest BCUT2D eigenvalue weighted by Crippen LogP contribution is -2.54. The van der Waals surface area contributed by atoms with Gasteiger partial charge in [0.25, 0.3) is 0 Å². The molecule has 1 aliphatic heterocycles. The summed E-state index contributed by atoms with van der Waals surface area (Å²) in [4.78, 5) is 15.1. The number of nitrogens with one attached hydrogen (secondary N) is 1. The predicted octanol–water partition coefficient (Wildman–Crippen LogP) is 3.27. The van der Waals surface area contributed by atoms with Crippen LogP contribution < -0.4 is 5.32 Å². The fourth-order valence-corrected chi connectivity index (χ4v) is 3.36. The lowest BCUT2D eigenvalue weighted by atomic mass is 9.90. The van der Waals surface area contributed by atoms with Crippen LogP contribution in [0.5, 0.6) is 0 Å². The van der Waals surface area contributed by atoms with E-state index in [-0.39, 0.29) is 11.4 Å². The van der Waals surface area contributed by atoms with Gasteiger partial charge in [-0.2, -0.15) is 0 Å². The molecule has 1 N–H and O–H groups in total. The second kappa shape index (κ2) is 7.08. The van der Waals surface area contributed by atoms with Gasteiger partial charge in [0.15, 0.2) is 0 Å². The van der Waals surface area contributed by atoms with Gasteiger partial charge in [0.2, 0.25) is 5.91 Å². The minimum Gasteiger partial charge on any atom is -0.337 e. The Morgan fingerprint density at radius 2 is 2.10 bits per heavy atom. The van der Waals surface area contributed by atoms with Gasteiger partial charge in [0.05, 0.1) is 5.54 Å². The highest BCUT2D eigenvalue weighted by atomic mass is 16.2. The maximum absolute atomic E-state index is 13.1. The van der Waals surface area contributed by atoms with Crippen LogP contribution in [0.3, 0.4) is 0 Å². The van der Waals surface area contributed by atoms with Crippen molar-refractivity contribution >= 4 is 5.91 Å². The van der Waals surface area contributed by atoms with Crippen molar-refractivity contribution in [2.45, 2.75) is 58.5 Å². The van der Waals surface area contributed by atoms with E-state index in [1.54, 1.807) is 0 Å². The first-order chi connectivity index (χ1) is 10.1. The van der Waals surface area contributed by atoms with Gasteiger partial charge in [-0.25, -0.2) is 0 Å². The van der Waals surface area contributed by atoms with E-state index in [9.17, 15) is 4.79 Å². The summed E-state index contributed by atoms with van der Waals surface area (Å²) < 4.78 is 0. The number of rotatable bonds is 6. The summed E-state index contributed by atoms with van der Waals surface area (Å²) in [5.41, 5.74) is 2.19. The average molecular weight is 288 g/mol. The number of carbonyl (C=O) groups excluding carboxylic acids is 1. The first-order valence-electron chi connectivity index (χ1n) is 8.22. The fourth-order valence-electron chi connectivity index (χ4n) is 3.36. The van der Waals surface area contributed by atoms with Crippen molar-refractivity contribution in [3.63, 3.8) is 0 Å². The summed E-state index contributed by atoms with van der Waals surface area (Å²) in [6, 6.07) is 8.34. The van der Waals surface area contributed by atoms with Gasteiger partial charge in [0, 0.05) is 13.1 Å². The van der Waals surface area contributed by atoms with Crippen LogP contribution in [-0.2, 0) is 11.3 Å². The molecule has 0 aliphatic carbocycles. The largest absolute Gasteiger partial charge is 0.337 e. The molecule has 1 aromatic rings. The fraction of sp³-hybridized carbons (Fsp3) is 0.611. The number of amides is 1. The molecule has 0 aromatic heterocycles. The van der Waals surface area contributed by atoms with E-state index >= 15 is 0 Å². The SMILES string of the molecule is CCCC1(C(=O)N(CC)Cc2ccccc2C)CCCN1. The molecule has 0 radical (unpaired) electrons. The Morgan fingerprint density at radius 1 is 1.33 bits per heavy atom. The van der Waals surface area contributed by atoms with Crippen LogP contribution in [0.15, 0.2) is 24.3 Å². The van der Waals surface area contributed by atoms with E-state index in [1.807, 2.05) is 11.0 Å². The van der Waals surface area contributed by atoms with Gasteiger partial charge in [0.1, 0.15) is 0 Å². The smallest absolute Gasteiger partial charge is 0.243 e. The van der Waals surface area contributed by atoms with Gasteiger partial charge in [-0.05, 0) is 50.8 Å². The van der Waals surface area contributed by atoms with Gasteiger partial charge in [-0.15, -0.1) is 0 Å². The third-order valence-electron chi connectivity index (χ3n) is 4.62. The monoisotopic (exact) mass is 288 g/mol. The van der Waals surface area contributed by atoms with Crippen LogP contribution in [0.1, 0.15) is 50.7 Å². The molecule has 1 aromatic carbocycles. The average Bonchev–Trinajstić information content (AvgIpc) is 2.96. The topological polar surface area (TPSA) is 32.3 Å². The molecule has 1 unspecified atom stereocenters. The summed E-state index contributed by atoms with van der Waals surface area (Å²) in [7, 11) is 0. The molecule has 3 heteroatoms. The molecular formula is C18H28N2O. The van der Waals surface area contributed by atoms with Crippen molar-refractivity contribution in [3.05, 3.63) is 35.4 Å². The molecule has 0 saturated carbocycles. The van der Waals surface area contributed by atoms with Crippen molar-refractivity contribution in [1.29, 1.82) is 0 Å². The number of hydrogen-bond donors (Lipinski definition) is 1. The normalized spacial score (nSPS) is 21.5. The summed E-state index contributed by atoms with van der Waals surface area (Å²) in [5.74, 6) is 0.285. The molecular weight excluding hydrogens is 260 g/mol. The van der Waals surface area contributed by atoms with E-state index in [4.69, 9.17) is 0 Å². The Balaban J connectivity index is 2.16. The van der Waals surface area contributed by atoms with E-state index in [2.05, 4.69) is 44.3 Å². The van der Waals surface area contributed by atoms with Crippen molar-refractivity contribution < 1.29 is 4.79 Å². The number of nitrogens with zero attached hydrogens (tertiary/aromatic N) is 1. The van der Waals surface area contributed by atoms with Gasteiger partial charge < -0.3 is 10.2 Å². The minimum absolute atomic E-state index is 0.285. The standard InChI is InChI=1S/C18H28N2O/c1-4-11-18(12-8-13-19-18)17(21)20(5-2)14-16-10-7-6-9-15(16)3/h6-7,9-10,19H,4-5,8,11-14H2,1-3H3. The molecule has 1 heterocycles. The molecule has 1 amide bonds. The predicted molar refractivity (Wildman–Crippen MR) is 87.1 cm³/mol. The molecule has 116 valence electrons. The summed E-state index contributed by atoms with van der Waals surface area (Å²) >= 11 is 0. The number of likely N-dealkylation sites (N-methyl/N-ethyl adjacent to an activating group) is 1. The van der Waals surface area contributed by atoms with Gasteiger partial charge in [-0.3, -0.25) is 4.79 Å². The third-order valence-corrected chi connectivity index (χ3v) is 4.62. The van der Waals surface area contributed by atoms with Crippen LogP contribution in [0.25, 0.3) is 0 Å². The molecule has 3 nitrogen and oxygen atoms in total. The van der Waals surface area contributed by atoms with Crippen molar-refractivity contribution in [2.24, 2.45) is 0 Å². The van der Waals surface area contributed by atoms with E-state index in [0.717, 1.165) is 45.3 Å². The lowest BCUT2D eigenvalue weighted by molar-refractivity contribution is -0.138. The van der Waals surface area contributed by atoms with Crippen LogP contribution in [0.4, 0.5) is 0 Å². The number of carbonyl (C=O) groups is 1. The van der Waals surface area contributed by atoms with Gasteiger partial charge >= 0.3 is 0 Å². The summed E-state index contributed by atoms with van der Waals surface area (Å²) in [6.45, 7) is 8.80. The van der Waals surface area contributed by atoms with Crippen LogP contribution in [-0.4, -0.2) is 29.4 Å². The molecule has 1 saturated heterocycles. The molecule has 1 atom stereocenters. The Kier molecular flexibility index (Phi) is 5.40. The first kappa shape index (κ1) is 16.0. The second-order valence-corrected chi connectivity index (χ2v) is 6.11. The van der Waals surface area contributed by atoms with Crippen molar-refractivity contribution in [3.8, 4) is 0 Å². The summed E-state index contributed by atoms with van der Waals surface area (Å²) in [6.07, 6.45) is 4.06. The Labute approximate surface area is 128 Å². The molecule has 0 bridgehead atoms. The Morgan fingerprint density at radius 3 is 2.67 bits per heavy atom. The van der Waals surface area contributed by atoms with Crippen LogP contribution >= 0.6 is 0 Å². The first-order valence-corrected chi connectivity index (χ1v) is 8.22. The van der Waals surface area contributed by atoms with E-state index in [1.165, 1.54) is 11.1 Å². The Bertz CT molecular complexity index is 478. The van der Waals surface area contributed by atoms with Gasteiger partial charge in [-0.1, -0.05) is 37.6 Å². The summed E-state index contributed by atoms with van der Waals surface area (Å²) in [5, 5.41) is 3.49. The molecule has 0 spiro atoms. The third kappa shape index (κ3) is 3.46. The van der Waals surface area contributed by atoms with Crippen LogP contribution in [0.2, 0.25) is 0 Å². The molecule has 1 fully saturated rings. The highest BCUT2D eigenvalue weighted by Gasteiger charge is 2.42. The van der Waals surface area contributed by atoms with Crippen molar-refractivity contribution in [2.75, 3.05) is 13.1 Å². The van der Waals surface area contributed by atoms with E-state index < -0.39 is 0 Å². The molecule has 1 aliphatic rings. The maximum atomic E-state index is 13.1. The highest BCUT2D eigenvalue weighted by Crippen LogP contribution is 2.28. The quantitative estimate of drug-likeness (QED) is 0.871. The lowest BCUT2D eigenvalue weighted by Gasteiger charge is -2.34. The molecule has 21 heavy (non-hydrogen) atoms. The zero-order chi connectivity index (χ0) is 15.3. The zero-order valence-corrected chi connectivity index (χ0v) is 13.6. The molecule has 2 rings (SSSR count). The van der Waals surface area contributed by atoms with Crippen LogP contribution in [0, 0.1) is 6.92 Å². The van der Waals surface area contributed by atoms with E-state index in [0.29, 0.717) is 0 Å². The number of hydrogen-bond acceptors (Lipinski definition) is 2. The highest BCUT2D eigenvalue weighted by molar-refractivity contribution is 5.86. The minimum atomic E-state index is -0.312. The maximum Gasteiger partial charge on any atom is 0.243 e. The second-order valence-electron chi connectivity index (χ2n) is 6.11. The van der Waals surface area contributed by atoms with Crippen molar-refractivity contribution in [1.82, 2.24) is 10.2 Å².